The summed E-state index contributed by atoms with van der Waals surface area (Å²) >= 11 is 0. The van der Waals surface area contributed by atoms with Crippen molar-refractivity contribution < 1.29 is 19.1 Å². The molecule has 0 aromatic carbocycles. The van der Waals surface area contributed by atoms with Gasteiger partial charge in [0.1, 0.15) is 0 Å². The third kappa shape index (κ3) is 4.22. The van der Waals surface area contributed by atoms with E-state index in [1.807, 2.05) is 0 Å². The molecule has 1 N–H and O–H groups in total. The van der Waals surface area contributed by atoms with Gasteiger partial charge in [0.2, 0.25) is 11.8 Å². The molecule has 2 unspecified atom stereocenters. The first-order chi connectivity index (χ1) is 8.85. The first kappa shape index (κ1) is 15.5. The molecule has 108 valence electrons. The Bertz CT molecular complexity index is 368. The Balaban J connectivity index is 2.73. The fourth-order valence-corrected chi connectivity index (χ4v) is 2.17. The molecule has 1 aliphatic rings. The number of amides is 2. The van der Waals surface area contributed by atoms with Crippen molar-refractivity contribution in [2.24, 2.45) is 11.8 Å². The summed E-state index contributed by atoms with van der Waals surface area (Å²) in [5.41, 5.74) is 0. The molecular formula is C13H22N2O4. The van der Waals surface area contributed by atoms with Crippen LogP contribution < -0.4 is 5.32 Å². The molecule has 0 aliphatic carbocycles. The molecule has 0 radical (unpaired) electrons. The van der Waals surface area contributed by atoms with E-state index >= 15 is 0 Å². The SMILES string of the molecule is COC(=O)C1CC(NC(=O)C(C)C)CN(C(C)=O)C1. The molecule has 2 atom stereocenters. The van der Waals surface area contributed by atoms with Crippen LogP contribution in [0.2, 0.25) is 0 Å². The Morgan fingerprint density at radius 1 is 1.26 bits per heavy atom. The summed E-state index contributed by atoms with van der Waals surface area (Å²) in [5.74, 6) is -1.00. The minimum atomic E-state index is -0.375. The second-order valence-corrected chi connectivity index (χ2v) is 5.24. The molecule has 1 saturated heterocycles. The van der Waals surface area contributed by atoms with Crippen LogP contribution >= 0.6 is 0 Å². The van der Waals surface area contributed by atoms with E-state index < -0.39 is 0 Å². The predicted molar refractivity (Wildman–Crippen MR) is 69.1 cm³/mol. The minimum Gasteiger partial charge on any atom is -0.469 e. The number of esters is 1. The van der Waals surface area contributed by atoms with Gasteiger partial charge < -0.3 is 15.0 Å². The number of likely N-dealkylation sites (tertiary alicyclic amines) is 1. The molecule has 0 aromatic rings. The molecule has 0 spiro atoms. The molecule has 1 fully saturated rings. The van der Waals surface area contributed by atoms with E-state index in [-0.39, 0.29) is 35.7 Å². The number of hydrogen-bond donors (Lipinski definition) is 1. The molecule has 6 heteroatoms. The van der Waals surface area contributed by atoms with E-state index in [0.29, 0.717) is 19.5 Å². The number of carbonyl (C=O) groups excluding carboxylic acids is 3. The molecule has 0 saturated carbocycles. The minimum absolute atomic E-state index is 0.0704. The third-order valence-electron chi connectivity index (χ3n) is 3.30. The Morgan fingerprint density at radius 2 is 1.89 bits per heavy atom. The lowest BCUT2D eigenvalue weighted by atomic mass is 9.93. The average Bonchev–Trinajstić information content (AvgIpc) is 2.37. The van der Waals surface area contributed by atoms with Gasteiger partial charge in [-0.3, -0.25) is 14.4 Å². The zero-order valence-electron chi connectivity index (χ0n) is 11.9. The predicted octanol–water partition coefficient (Wildman–Crippen LogP) is 0.169. The van der Waals surface area contributed by atoms with Gasteiger partial charge in [0.05, 0.1) is 13.0 Å². The van der Waals surface area contributed by atoms with E-state index in [1.54, 1.807) is 18.7 Å². The van der Waals surface area contributed by atoms with Crippen LogP contribution in [0.3, 0.4) is 0 Å². The number of carbonyl (C=O) groups is 3. The lowest BCUT2D eigenvalue weighted by Gasteiger charge is -2.36. The lowest BCUT2D eigenvalue weighted by Crippen LogP contribution is -2.54. The molecule has 2 amide bonds. The monoisotopic (exact) mass is 270 g/mol. The first-order valence-electron chi connectivity index (χ1n) is 6.48. The van der Waals surface area contributed by atoms with Gasteiger partial charge >= 0.3 is 5.97 Å². The molecule has 1 aliphatic heterocycles. The lowest BCUT2D eigenvalue weighted by molar-refractivity contribution is -0.149. The zero-order valence-corrected chi connectivity index (χ0v) is 11.9. The molecule has 0 bridgehead atoms. The van der Waals surface area contributed by atoms with Crippen molar-refractivity contribution in [1.82, 2.24) is 10.2 Å². The van der Waals surface area contributed by atoms with Crippen molar-refractivity contribution in [2.75, 3.05) is 20.2 Å². The van der Waals surface area contributed by atoms with Crippen LogP contribution in [0.15, 0.2) is 0 Å². The molecule has 19 heavy (non-hydrogen) atoms. The Kier molecular flexibility index (Phi) is 5.32. The maximum absolute atomic E-state index is 11.7. The number of piperidine rings is 1. The summed E-state index contributed by atoms with van der Waals surface area (Å²) in [6.07, 6.45) is 0.509. The van der Waals surface area contributed by atoms with Gasteiger partial charge in [0.15, 0.2) is 0 Å². The van der Waals surface area contributed by atoms with Crippen LogP contribution in [0.25, 0.3) is 0 Å². The molecule has 1 rings (SSSR count). The molecule has 6 nitrogen and oxygen atoms in total. The van der Waals surface area contributed by atoms with E-state index in [4.69, 9.17) is 4.74 Å². The maximum atomic E-state index is 11.7. The van der Waals surface area contributed by atoms with Crippen LogP contribution in [0, 0.1) is 11.8 Å². The van der Waals surface area contributed by atoms with Crippen LogP contribution in [0.4, 0.5) is 0 Å². The Hall–Kier alpha value is -1.59. The Morgan fingerprint density at radius 3 is 2.37 bits per heavy atom. The van der Waals surface area contributed by atoms with E-state index in [9.17, 15) is 14.4 Å². The van der Waals surface area contributed by atoms with Crippen LogP contribution in [0.1, 0.15) is 27.2 Å². The second-order valence-electron chi connectivity index (χ2n) is 5.24. The number of nitrogens with one attached hydrogen (secondary N) is 1. The van der Waals surface area contributed by atoms with Crippen molar-refractivity contribution in [3.8, 4) is 0 Å². The number of ether oxygens (including phenoxy) is 1. The summed E-state index contributed by atoms with van der Waals surface area (Å²) in [6, 6.07) is -0.198. The Labute approximate surface area is 113 Å². The topological polar surface area (TPSA) is 75.7 Å². The van der Waals surface area contributed by atoms with Gasteiger partial charge in [-0.2, -0.15) is 0 Å². The summed E-state index contributed by atoms with van der Waals surface area (Å²) in [5, 5.41) is 2.87. The molecule has 0 aromatic heterocycles. The average molecular weight is 270 g/mol. The standard InChI is InChI=1S/C13H22N2O4/c1-8(2)12(17)14-11-5-10(13(18)19-4)6-15(7-11)9(3)16/h8,10-11H,5-7H2,1-4H3,(H,14,17). The van der Waals surface area contributed by atoms with Gasteiger partial charge in [0.25, 0.3) is 0 Å². The quantitative estimate of drug-likeness (QED) is 0.742. The highest BCUT2D eigenvalue weighted by Crippen LogP contribution is 2.19. The maximum Gasteiger partial charge on any atom is 0.310 e. The highest BCUT2D eigenvalue weighted by Gasteiger charge is 2.34. The molecular weight excluding hydrogens is 248 g/mol. The van der Waals surface area contributed by atoms with Crippen molar-refractivity contribution >= 4 is 17.8 Å². The normalized spacial score (nSPS) is 23.1. The first-order valence-corrected chi connectivity index (χ1v) is 6.48. The largest absolute Gasteiger partial charge is 0.469 e. The fraction of sp³-hybridized carbons (Fsp3) is 0.769. The van der Waals surface area contributed by atoms with Gasteiger partial charge in [-0.15, -0.1) is 0 Å². The summed E-state index contributed by atoms with van der Waals surface area (Å²) in [7, 11) is 1.33. The van der Waals surface area contributed by atoms with Gasteiger partial charge in [0, 0.05) is 32.0 Å². The summed E-state index contributed by atoms with van der Waals surface area (Å²) < 4.78 is 4.73. The van der Waals surface area contributed by atoms with Gasteiger partial charge in [-0.25, -0.2) is 0 Å². The van der Waals surface area contributed by atoms with Crippen LogP contribution in [-0.2, 0) is 19.1 Å². The fourth-order valence-electron chi connectivity index (χ4n) is 2.17. The number of methoxy groups -OCH3 is 1. The van der Waals surface area contributed by atoms with E-state index in [1.165, 1.54) is 14.0 Å². The van der Waals surface area contributed by atoms with Gasteiger partial charge in [-0.1, -0.05) is 13.8 Å². The third-order valence-corrected chi connectivity index (χ3v) is 3.30. The number of nitrogens with zero attached hydrogens (tertiary/aromatic N) is 1. The van der Waals surface area contributed by atoms with Crippen molar-refractivity contribution in [3.63, 3.8) is 0 Å². The smallest absolute Gasteiger partial charge is 0.310 e. The summed E-state index contributed by atoms with van der Waals surface area (Å²) in [4.78, 5) is 36.4. The molecule has 1 heterocycles. The van der Waals surface area contributed by atoms with Crippen LogP contribution in [0.5, 0.6) is 0 Å². The second kappa shape index (κ2) is 6.54. The zero-order chi connectivity index (χ0) is 14.6. The summed E-state index contributed by atoms with van der Waals surface area (Å²) in [6.45, 7) is 5.87. The van der Waals surface area contributed by atoms with Crippen molar-refractivity contribution in [1.29, 1.82) is 0 Å². The number of hydrogen-bond acceptors (Lipinski definition) is 4. The van der Waals surface area contributed by atoms with E-state index in [2.05, 4.69) is 5.32 Å². The number of rotatable bonds is 3. The van der Waals surface area contributed by atoms with Crippen molar-refractivity contribution in [2.45, 2.75) is 33.2 Å². The van der Waals surface area contributed by atoms with Gasteiger partial charge in [-0.05, 0) is 6.42 Å². The highest BCUT2D eigenvalue weighted by molar-refractivity contribution is 5.79. The van der Waals surface area contributed by atoms with E-state index in [0.717, 1.165) is 0 Å². The van der Waals surface area contributed by atoms with Crippen molar-refractivity contribution in [3.05, 3.63) is 0 Å². The highest BCUT2D eigenvalue weighted by atomic mass is 16.5. The van der Waals surface area contributed by atoms with Crippen LogP contribution in [-0.4, -0.2) is 48.9 Å².